The summed E-state index contributed by atoms with van der Waals surface area (Å²) < 4.78 is 0.866. The van der Waals surface area contributed by atoms with Gasteiger partial charge in [-0.25, -0.2) is 4.98 Å². The number of carbonyl (C=O) groups is 1. The van der Waals surface area contributed by atoms with Gasteiger partial charge in [0.1, 0.15) is 5.82 Å². The van der Waals surface area contributed by atoms with Crippen molar-refractivity contribution in [3.8, 4) is 0 Å². The maximum atomic E-state index is 13.4. The van der Waals surface area contributed by atoms with Crippen molar-refractivity contribution < 1.29 is 9.72 Å². The molecular weight excluding hydrogens is 544 g/mol. The van der Waals surface area contributed by atoms with Crippen LogP contribution < -0.4 is 10.9 Å². The number of H-pyrrole nitrogens is 1. The van der Waals surface area contributed by atoms with Gasteiger partial charge in [0.25, 0.3) is 11.2 Å². The zero-order chi connectivity index (χ0) is 25.6. The van der Waals surface area contributed by atoms with E-state index in [-0.39, 0.29) is 22.4 Å². The van der Waals surface area contributed by atoms with Gasteiger partial charge in [0, 0.05) is 46.0 Å². The van der Waals surface area contributed by atoms with Gasteiger partial charge in [0.2, 0.25) is 0 Å². The van der Waals surface area contributed by atoms with E-state index in [1.807, 2.05) is 24.3 Å². The molecule has 1 aliphatic heterocycles. The summed E-state index contributed by atoms with van der Waals surface area (Å²) in [6, 6.07) is 14.0. The fourth-order valence-electron chi connectivity index (χ4n) is 4.85. The van der Waals surface area contributed by atoms with E-state index in [1.165, 1.54) is 23.9 Å². The van der Waals surface area contributed by atoms with Crippen LogP contribution in [0.1, 0.15) is 49.3 Å². The average molecular weight is 567 g/mol. The summed E-state index contributed by atoms with van der Waals surface area (Å²) in [4.78, 5) is 44.8. The molecule has 1 atom stereocenters. The standard InChI is InChI=1S/C26H23BrN4O4S/c1-26(2)11-18-21(19(32)12-26)20(15-4-3-5-16(27)10-15)22-23(28-18)29-25(30-24(22)33)36-13-14-6-8-17(9-7-14)31(34)35/h3-10,20H,11-13H2,1-2H3,(H2,28,29,30,33)/t20-/m0/s1. The smallest absolute Gasteiger partial charge is 0.269 e. The Labute approximate surface area is 219 Å². The molecular formula is C26H23BrN4O4S. The third-order valence-corrected chi connectivity index (χ3v) is 7.84. The number of nitro groups is 1. The van der Waals surface area contributed by atoms with E-state index >= 15 is 0 Å². The third-order valence-electron chi connectivity index (χ3n) is 6.40. The van der Waals surface area contributed by atoms with Crippen LogP contribution in [0, 0.1) is 15.5 Å². The lowest BCUT2D eigenvalue weighted by atomic mass is 9.69. The summed E-state index contributed by atoms with van der Waals surface area (Å²) in [5, 5.41) is 14.6. The Morgan fingerprint density at radius 1 is 1.17 bits per heavy atom. The monoisotopic (exact) mass is 566 g/mol. The Bertz CT molecular complexity index is 1480. The number of rotatable bonds is 5. The normalized spacial score (nSPS) is 18.3. The van der Waals surface area contributed by atoms with Crippen LogP contribution in [0.4, 0.5) is 11.5 Å². The molecule has 0 spiro atoms. The number of hydrogen-bond acceptors (Lipinski definition) is 7. The second-order valence-electron chi connectivity index (χ2n) is 9.79. The Hall–Kier alpha value is -3.24. The minimum Gasteiger partial charge on any atom is -0.343 e. The van der Waals surface area contributed by atoms with Crippen molar-refractivity contribution in [1.82, 2.24) is 9.97 Å². The summed E-state index contributed by atoms with van der Waals surface area (Å²) in [7, 11) is 0. The topological polar surface area (TPSA) is 118 Å². The molecule has 2 aromatic carbocycles. The van der Waals surface area contributed by atoms with Gasteiger partial charge >= 0.3 is 0 Å². The van der Waals surface area contributed by atoms with Crippen LogP contribution in [0.15, 0.2) is 74.2 Å². The molecule has 5 rings (SSSR count). The van der Waals surface area contributed by atoms with E-state index in [0.717, 1.165) is 21.3 Å². The predicted molar refractivity (Wildman–Crippen MR) is 142 cm³/mol. The molecule has 36 heavy (non-hydrogen) atoms. The van der Waals surface area contributed by atoms with E-state index < -0.39 is 10.8 Å². The highest BCUT2D eigenvalue weighted by Gasteiger charge is 2.42. The fourth-order valence-corrected chi connectivity index (χ4v) is 6.08. The summed E-state index contributed by atoms with van der Waals surface area (Å²) in [5.74, 6) is 0.468. The van der Waals surface area contributed by atoms with Gasteiger partial charge in [-0.05, 0) is 35.1 Å². The number of halogens is 1. The van der Waals surface area contributed by atoms with Gasteiger partial charge in [-0.1, -0.05) is 65.8 Å². The van der Waals surface area contributed by atoms with Crippen LogP contribution >= 0.6 is 27.7 Å². The largest absolute Gasteiger partial charge is 0.343 e. The Kier molecular flexibility index (Phi) is 6.34. The first-order valence-electron chi connectivity index (χ1n) is 11.4. The molecule has 1 aliphatic carbocycles. The van der Waals surface area contributed by atoms with E-state index in [2.05, 4.69) is 40.1 Å². The number of allylic oxidation sites excluding steroid dienone is 2. The number of nitro benzene ring substituents is 1. The van der Waals surface area contributed by atoms with Crippen LogP contribution in [0.25, 0.3) is 0 Å². The maximum Gasteiger partial charge on any atom is 0.269 e. The Morgan fingerprint density at radius 2 is 1.92 bits per heavy atom. The number of anilines is 1. The van der Waals surface area contributed by atoms with E-state index in [1.54, 1.807) is 12.1 Å². The highest BCUT2D eigenvalue weighted by Crippen LogP contribution is 2.48. The number of carbonyl (C=O) groups excluding carboxylic acids is 1. The van der Waals surface area contributed by atoms with E-state index in [9.17, 15) is 19.7 Å². The second-order valence-corrected chi connectivity index (χ2v) is 11.7. The second kappa shape index (κ2) is 9.33. The minimum atomic E-state index is -0.512. The Balaban J connectivity index is 1.53. The molecule has 2 aliphatic rings. The van der Waals surface area contributed by atoms with Crippen LogP contribution in [-0.2, 0) is 10.5 Å². The molecule has 0 saturated carbocycles. The van der Waals surface area contributed by atoms with Crippen molar-refractivity contribution in [2.75, 3.05) is 5.32 Å². The number of non-ortho nitro benzene ring substituents is 1. The first-order valence-corrected chi connectivity index (χ1v) is 13.2. The fraction of sp³-hybridized carbons (Fsp3) is 0.269. The number of nitrogens with one attached hydrogen (secondary N) is 2. The molecule has 0 saturated heterocycles. The number of nitrogens with zero attached hydrogens (tertiary/aromatic N) is 2. The van der Waals surface area contributed by atoms with Crippen molar-refractivity contribution in [2.45, 2.75) is 43.5 Å². The van der Waals surface area contributed by atoms with Gasteiger partial charge < -0.3 is 10.3 Å². The van der Waals surface area contributed by atoms with Crippen molar-refractivity contribution in [1.29, 1.82) is 0 Å². The van der Waals surface area contributed by atoms with Crippen LogP contribution in [-0.4, -0.2) is 20.7 Å². The maximum absolute atomic E-state index is 13.4. The number of thioether (sulfide) groups is 1. The van der Waals surface area contributed by atoms with Crippen molar-refractivity contribution in [3.63, 3.8) is 0 Å². The number of Topliss-reactive ketones (excluding diaryl/α,β-unsaturated/α-hetero) is 1. The zero-order valence-corrected chi connectivity index (χ0v) is 22.0. The molecule has 0 radical (unpaired) electrons. The summed E-state index contributed by atoms with van der Waals surface area (Å²) in [6.45, 7) is 4.13. The molecule has 0 unspecified atom stereocenters. The first-order chi connectivity index (χ1) is 17.1. The Morgan fingerprint density at radius 3 is 2.61 bits per heavy atom. The highest BCUT2D eigenvalue weighted by atomic mass is 79.9. The molecule has 0 amide bonds. The third kappa shape index (κ3) is 4.75. The predicted octanol–water partition coefficient (Wildman–Crippen LogP) is 5.93. The SMILES string of the molecule is CC1(C)CC(=O)C2=C(C1)Nc1nc(SCc3ccc([N+](=O)[O-])cc3)[nH]c(=O)c1[C@H]2c1cccc(Br)c1. The van der Waals surface area contributed by atoms with Crippen molar-refractivity contribution >= 4 is 45.0 Å². The quantitative estimate of drug-likeness (QED) is 0.170. The molecule has 0 fully saturated rings. The lowest BCUT2D eigenvalue weighted by Gasteiger charge is -2.38. The summed E-state index contributed by atoms with van der Waals surface area (Å²) >= 11 is 4.85. The van der Waals surface area contributed by atoms with Crippen molar-refractivity contribution in [3.05, 3.63) is 101 Å². The zero-order valence-electron chi connectivity index (χ0n) is 19.6. The van der Waals surface area contributed by atoms with Gasteiger partial charge in [-0.2, -0.15) is 0 Å². The van der Waals surface area contributed by atoms with Crippen molar-refractivity contribution in [2.24, 2.45) is 5.41 Å². The number of aromatic nitrogens is 2. The molecule has 10 heteroatoms. The average Bonchev–Trinajstić information content (AvgIpc) is 2.81. The summed E-state index contributed by atoms with van der Waals surface area (Å²) in [6.07, 6.45) is 1.10. The number of ketones is 1. The lowest BCUT2D eigenvalue weighted by molar-refractivity contribution is -0.384. The van der Waals surface area contributed by atoms with E-state index in [0.29, 0.717) is 40.7 Å². The molecule has 2 heterocycles. The molecule has 8 nitrogen and oxygen atoms in total. The summed E-state index contributed by atoms with van der Waals surface area (Å²) in [5.41, 5.74) is 3.14. The lowest BCUT2D eigenvalue weighted by Crippen LogP contribution is -2.37. The number of benzene rings is 2. The molecule has 1 aromatic heterocycles. The van der Waals surface area contributed by atoms with Crippen LogP contribution in [0.2, 0.25) is 0 Å². The van der Waals surface area contributed by atoms with Gasteiger partial charge in [0.15, 0.2) is 10.9 Å². The molecule has 3 aromatic rings. The minimum absolute atomic E-state index is 0.0286. The number of fused-ring (bicyclic) bond motifs is 1. The van der Waals surface area contributed by atoms with Crippen LogP contribution in [0.3, 0.4) is 0 Å². The molecule has 2 N–H and O–H groups in total. The molecule has 184 valence electrons. The van der Waals surface area contributed by atoms with E-state index in [4.69, 9.17) is 4.98 Å². The van der Waals surface area contributed by atoms with Gasteiger partial charge in [0.05, 0.1) is 10.5 Å². The molecule has 0 bridgehead atoms. The first kappa shape index (κ1) is 24.5. The van der Waals surface area contributed by atoms with Gasteiger partial charge in [-0.3, -0.25) is 19.7 Å². The number of aromatic amines is 1. The number of hydrogen-bond donors (Lipinski definition) is 2. The van der Waals surface area contributed by atoms with Crippen LogP contribution in [0.5, 0.6) is 0 Å². The van der Waals surface area contributed by atoms with Gasteiger partial charge in [-0.15, -0.1) is 0 Å². The highest BCUT2D eigenvalue weighted by molar-refractivity contribution is 9.10.